The van der Waals surface area contributed by atoms with Gasteiger partial charge in [-0.25, -0.2) is 0 Å². The highest BCUT2D eigenvalue weighted by molar-refractivity contribution is 6.04. The monoisotopic (exact) mass is 293 g/mol. The molecule has 1 amide bonds. The molecule has 1 aromatic heterocycles. The molecular weight excluding hydrogens is 278 g/mol. The summed E-state index contributed by atoms with van der Waals surface area (Å²) in [7, 11) is 1.72. The van der Waals surface area contributed by atoms with Gasteiger partial charge in [0.25, 0.3) is 5.91 Å². The van der Waals surface area contributed by atoms with Gasteiger partial charge in [0.05, 0.1) is 10.9 Å². The van der Waals surface area contributed by atoms with Crippen molar-refractivity contribution in [3.05, 3.63) is 70.0 Å². The van der Waals surface area contributed by atoms with Crippen LogP contribution in [0.3, 0.4) is 0 Å². The van der Waals surface area contributed by atoms with E-state index in [1.807, 2.05) is 37.3 Å². The lowest BCUT2D eigenvalue weighted by Crippen LogP contribution is -2.26. The number of carbonyl (C=O) groups excluding carboxylic acids is 1. The molecule has 22 heavy (non-hydrogen) atoms. The second-order valence-corrected chi connectivity index (χ2v) is 5.14. The number of aromatic nitrogens is 2. The number of aryl methyl sites for hydroxylation is 2. The summed E-state index contributed by atoms with van der Waals surface area (Å²) in [5, 5.41) is 7.31. The Morgan fingerprint density at radius 3 is 2.59 bits per heavy atom. The average molecular weight is 293 g/mol. The standard InChI is InChI=1S/C17H15N3O2/c1-11-8-9-14-13(10-11)16(21)15(19-20(14)2)17(22)18-12-6-4-3-5-7-12/h3-10H,1-2H3,(H,18,22). The Balaban J connectivity index is 2.09. The van der Waals surface area contributed by atoms with Gasteiger partial charge in [-0.1, -0.05) is 29.8 Å². The third-order valence-corrected chi connectivity index (χ3v) is 3.46. The zero-order valence-corrected chi connectivity index (χ0v) is 12.3. The third-order valence-electron chi connectivity index (χ3n) is 3.46. The van der Waals surface area contributed by atoms with Gasteiger partial charge >= 0.3 is 0 Å². The van der Waals surface area contributed by atoms with E-state index in [2.05, 4.69) is 10.4 Å². The summed E-state index contributed by atoms with van der Waals surface area (Å²) >= 11 is 0. The third kappa shape index (κ3) is 2.48. The summed E-state index contributed by atoms with van der Waals surface area (Å²) in [5.74, 6) is -0.504. The number of para-hydroxylation sites is 1. The van der Waals surface area contributed by atoms with Gasteiger partial charge in [-0.3, -0.25) is 14.3 Å². The molecule has 0 aliphatic heterocycles. The summed E-state index contributed by atoms with van der Waals surface area (Å²) in [6.07, 6.45) is 0. The van der Waals surface area contributed by atoms with Crippen LogP contribution in [-0.2, 0) is 7.05 Å². The van der Waals surface area contributed by atoms with Crippen molar-refractivity contribution in [2.24, 2.45) is 7.05 Å². The van der Waals surface area contributed by atoms with E-state index in [-0.39, 0.29) is 11.1 Å². The van der Waals surface area contributed by atoms with Crippen molar-refractivity contribution in [2.45, 2.75) is 6.92 Å². The maximum absolute atomic E-state index is 12.5. The highest BCUT2D eigenvalue weighted by atomic mass is 16.2. The molecule has 3 rings (SSSR count). The summed E-state index contributed by atoms with van der Waals surface area (Å²) in [5.41, 5.74) is 1.83. The van der Waals surface area contributed by atoms with Crippen LogP contribution in [0.1, 0.15) is 16.1 Å². The first-order valence-corrected chi connectivity index (χ1v) is 6.90. The molecule has 5 nitrogen and oxygen atoms in total. The largest absolute Gasteiger partial charge is 0.320 e. The van der Waals surface area contributed by atoms with Gasteiger partial charge < -0.3 is 5.32 Å². The molecule has 0 unspecified atom stereocenters. The second kappa shape index (κ2) is 5.44. The van der Waals surface area contributed by atoms with Gasteiger partial charge in [0.2, 0.25) is 5.43 Å². The topological polar surface area (TPSA) is 64.0 Å². The molecule has 1 N–H and O–H groups in total. The molecule has 0 aliphatic carbocycles. The maximum Gasteiger partial charge on any atom is 0.280 e. The number of carbonyl (C=O) groups is 1. The van der Waals surface area contributed by atoms with Crippen LogP contribution in [0.2, 0.25) is 0 Å². The first kappa shape index (κ1) is 14.0. The molecule has 0 saturated carbocycles. The van der Waals surface area contributed by atoms with Crippen molar-refractivity contribution >= 4 is 22.5 Å². The quantitative estimate of drug-likeness (QED) is 0.789. The Labute approximate surface area is 127 Å². The number of hydrogen-bond acceptors (Lipinski definition) is 3. The number of benzene rings is 2. The molecule has 1 heterocycles. The number of rotatable bonds is 2. The fraction of sp³-hybridized carbons (Fsp3) is 0.118. The smallest absolute Gasteiger partial charge is 0.280 e. The first-order valence-electron chi connectivity index (χ1n) is 6.90. The molecule has 3 aromatic rings. The SMILES string of the molecule is Cc1ccc2c(c1)c(=O)c(C(=O)Nc1ccccc1)nn2C. The molecule has 0 fully saturated rings. The number of anilines is 1. The predicted octanol–water partition coefficient (Wildman–Crippen LogP) is 2.49. The van der Waals surface area contributed by atoms with Crippen LogP contribution in [0.15, 0.2) is 53.3 Å². The van der Waals surface area contributed by atoms with Crippen LogP contribution in [0.25, 0.3) is 10.9 Å². The normalized spacial score (nSPS) is 10.6. The molecule has 0 atom stereocenters. The fourth-order valence-corrected chi connectivity index (χ4v) is 2.35. The van der Waals surface area contributed by atoms with E-state index >= 15 is 0 Å². The number of amides is 1. The molecular formula is C17H15N3O2. The zero-order chi connectivity index (χ0) is 15.7. The average Bonchev–Trinajstić information content (AvgIpc) is 2.51. The highest BCUT2D eigenvalue weighted by Crippen LogP contribution is 2.12. The summed E-state index contributed by atoms with van der Waals surface area (Å²) < 4.78 is 1.55. The van der Waals surface area contributed by atoms with Crippen LogP contribution < -0.4 is 10.7 Å². The van der Waals surface area contributed by atoms with Gasteiger partial charge in [0.15, 0.2) is 5.69 Å². The summed E-state index contributed by atoms with van der Waals surface area (Å²) in [4.78, 5) is 24.9. The van der Waals surface area contributed by atoms with Crippen LogP contribution in [0.5, 0.6) is 0 Å². The first-order chi connectivity index (χ1) is 10.6. The predicted molar refractivity (Wildman–Crippen MR) is 86.1 cm³/mol. The van der Waals surface area contributed by atoms with Crippen LogP contribution >= 0.6 is 0 Å². The van der Waals surface area contributed by atoms with Crippen LogP contribution in [-0.4, -0.2) is 15.7 Å². The lowest BCUT2D eigenvalue weighted by Gasteiger charge is -2.09. The minimum absolute atomic E-state index is 0.107. The summed E-state index contributed by atoms with van der Waals surface area (Å²) in [6, 6.07) is 14.5. The van der Waals surface area contributed by atoms with Crippen LogP contribution in [0, 0.1) is 6.92 Å². The minimum atomic E-state index is -0.504. The van der Waals surface area contributed by atoms with E-state index in [4.69, 9.17) is 0 Å². The number of fused-ring (bicyclic) bond motifs is 1. The Morgan fingerprint density at radius 2 is 1.86 bits per heavy atom. The second-order valence-electron chi connectivity index (χ2n) is 5.14. The molecule has 0 saturated heterocycles. The number of hydrogen-bond donors (Lipinski definition) is 1. The zero-order valence-electron chi connectivity index (χ0n) is 12.3. The summed E-state index contributed by atoms with van der Waals surface area (Å²) in [6.45, 7) is 1.91. The molecule has 0 bridgehead atoms. The molecule has 0 radical (unpaired) electrons. The van der Waals surface area contributed by atoms with E-state index in [1.165, 1.54) is 0 Å². The Morgan fingerprint density at radius 1 is 1.14 bits per heavy atom. The molecule has 110 valence electrons. The Kier molecular flexibility index (Phi) is 3.47. The highest BCUT2D eigenvalue weighted by Gasteiger charge is 2.16. The van der Waals surface area contributed by atoms with Gasteiger partial charge in [-0.2, -0.15) is 5.10 Å². The van der Waals surface area contributed by atoms with E-state index in [0.29, 0.717) is 16.6 Å². The van der Waals surface area contributed by atoms with Gasteiger partial charge in [0, 0.05) is 12.7 Å². The van der Waals surface area contributed by atoms with Crippen molar-refractivity contribution in [3.63, 3.8) is 0 Å². The molecule has 5 heteroatoms. The van der Waals surface area contributed by atoms with E-state index in [9.17, 15) is 9.59 Å². The fourth-order valence-electron chi connectivity index (χ4n) is 2.35. The number of nitrogens with zero attached hydrogens (tertiary/aromatic N) is 2. The van der Waals surface area contributed by atoms with E-state index in [0.717, 1.165) is 5.56 Å². The van der Waals surface area contributed by atoms with E-state index in [1.54, 1.807) is 29.9 Å². The van der Waals surface area contributed by atoms with Gasteiger partial charge in [-0.05, 0) is 31.2 Å². The van der Waals surface area contributed by atoms with Crippen molar-refractivity contribution < 1.29 is 4.79 Å². The van der Waals surface area contributed by atoms with Crippen LogP contribution in [0.4, 0.5) is 5.69 Å². The minimum Gasteiger partial charge on any atom is -0.320 e. The van der Waals surface area contributed by atoms with Gasteiger partial charge in [0.1, 0.15) is 0 Å². The van der Waals surface area contributed by atoms with Crippen molar-refractivity contribution in [1.82, 2.24) is 9.78 Å². The molecule has 0 aliphatic rings. The van der Waals surface area contributed by atoms with E-state index < -0.39 is 5.91 Å². The lowest BCUT2D eigenvalue weighted by molar-refractivity contribution is 0.101. The maximum atomic E-state index is 12.5. The Bertz CT molecular complexity index is 914. The van der Waals surface area contributed by atoms with Crippen molar-refractivity contribution in [1.29, 1.82) is 0 Å². The van der Waals surface area contributed by atoms with Crippen molar-refractivity contribution in [3.8, 4) is 0 Å². The number of nitrogens with one attached hydrogen (secondary N) is 1. The lowest BCUT2D eigenvalue weighted by atomic mass is 10.1. The Hall–Kier alpha value is -2.95. The molecule has 2 aromatic carbocycles. The molecule has 0 spiro atoms. The van der Waals surface area contributed by atoms with Crippen molar-refractivity contribution in [2.75, 3.05) is 5.32 Å². The van der Waals surface area contributed by atoms with Gasteiger partial charge in [-0.15, -0.1) is 0 Å².